The van der Waals surface area contributed by atoms with E-state index in [1.165, 1.54) is 19.3 Å². The molecule has 2 aliphatic rings. The van der Waals surface area contributed by atoms with E-state index in [-0.39, 0.29) is 5.09 Å². The fourth-order valence-corrected chi connectivity index (χ4v) is 4.76. The second-order valence-electron chi connectivity index (χ2n) is 5.52. The largest absolute Gasteiger partial charge is 0.447 e. The number of hydrogen-bond acceptors (Lipinski definition) is 4. The maximum atomic E-state index is 12.5. The molecule has 1 saturated heterocycles. The fraction of sp³-hybridized carbons (Fsp3) is 0.692. The van der Waals surface area contributed by atoms with Gasteiger partial charge in [0.25, 0.3) is 10.0 Å². The van der Waals surface area contributed by atoms with Gasteiger partial charge >= 0.3 is 0 Å². The molecule has 1 aliphatic heterocycles. The Bertz CT molecular complexity index is 540. The summed E-state index contributed by atoms with van der Waals surface area (Å²) in [6.07, 6.45) is 3.58. The molecule has 6 heteroatoms. The van der Waals surface area contributed by atoms with Crippen molar-refractivity contribution in [3.05, 3.63) is 17.9 Å². The van der Waals surface area contributed by atoms with Crippen molar-refractivity contribution in [3.63, 3.8) is 0 Å². The van der Waals surface area contributed by atoms with E-state index in [0.29, 0.717) is 37.2 Å². The summed E-state index contributed by atoms with van der Waals surface area (Å²) in [7, 11) is -1.64. The van der Waals surface area contributed by atoms with Crippen LogP contribution in [-0.4, -0.2) is 32.9 Å². The zero-order valence-corrected chi connectivity index (χ0v) is 11.9. The van der Waals surface area contributed by atoms with E-state index in [1.54, 1.807) is 23.5 Å². The van der Waals surface area contributed by atoms with Crippen LogP contribution in [0.2, 0.25) is 0 Å². The van der Waals surface area contributed by atoms with Crippen molar-refractivity contribution >= 4 is 10.0 Å². The van der Waals surface area contributed by atoms with Crippen molar-refractivity contribution in [2.45, 2.75) is 30.9 Å². The lowest BCUT2D eigenvalue weighted by molar-refractivity contribution is 0.377. The Morgan fingerprint density at radius 3 is 2.63 bits per heavy atom. The van der Waals surface area contributed by atoms with Gasteiger partial charge in [-0.05, 0) is 43.9 Å². The van der Waals surface area contributed by atoms with Crippen LogP contribution < -0.4 is 5.32 Å². The van der Waals surface area contributed by atoms with Crippen molar-refractivity contribution in [1.29, 1.82) is 0 Å². The number of nitrogens with one attached hydrogen (secondary N) is 1. The molecule has 106 valence electrons. The van der Waals surface area contributed by atoms with E-state index in [9.17, 15) is 8.42 Å². The maximum absolute atomic E-state index is 12.5. The maximum Gasteiger partial charge on any atom is 0.276 e. The van der Waals surface area contributed by atoms with E-state index < -0.39 is 10.0 Å². The first kappa shape index (κ1) is 13.1. The van der Waals surface area contributed by atoms with Gasteiger partial charge in [0.2, 0.25) is 5.09 Å². The van der Waals surface area contributed by atoms with E-state index in [0.717, 1.165) is 0 Å². The third-order valence-electron chi connectivity index (χ3n) is 4.27. The van der Waals surface area contributed by atoms with E-state index in [1.807, 2.05) is 0 Å². The first-order valence-corrected chi connectivity index (χ1v) is 8.28. The van der Waals surface area contributed by atoms with E-state index in [4.69, 9.17) is 4.42 Å². The number of rotatable bonds is 4. The summed E-state index contributed by atoms with van der Waals surface area (Å²) in [4.78, 5) is 0. The van der Waals surface area contributed by atoms with Crippen LogP contribution >= 0.6 is 0 Å². The monoisotopic (exact) mass is 284 g/mol. The number of fused-ring (bicyclic) bond motifs is 1. The fourth-order valence-electron chi connectivity index (χ4n) is 3.28. The molecule has 0 spiro atoms. The molecular formula is C13H20N2O3S. The molecule has 19 heavy (non-hydrogen) atoms. The summed E-state index contributed by atoms with van der Waals surface area (Å²) in [5, 5.41) is 3.03. The summed E-state index contributed by atoms with van der Waals surface area (Å²) in [5.41, 5.74) is 0. The zero-order chi connectivity index (χ0) is 13.5. The van der Waals surface area contributed by atoms with Crippen molar-refractivity contribution in [1.82, 2.24) is 9.62 Å². The smallest absolute Gasteiger partial charge is 0.276 e. The Morgan fingerprint density at radius 1 is 1.32 bits per heavy atom. The highest BCUT2D eigenvalue weighted by Gasteiger charge is 2.42. The molecule has 1 aromatic heterocycles. The van der Waals surface area contributed by atoms with Crippen LogP contribution in [0.3, 0.4) is 0 Å². The molecule has 2 atom stereocenters. The lowest BCUT2D eigenvalue weighted by Gasteiger charge is -2.15. The minimum atomic E-state index is -3.44. The van der Waals surface area contributed by atoms with Crippen LogP contribution in [0.5, 0.6) is 0 Å². The highest BCUT2D eigenvalue weighted by Crippen LogP contribution is 2.39. The highest BCUT2D eigenvalue weighted by molar-refractivity contribution is 7.89. The molecule has 0 amide bonds. The van der Waals surface area contributed by atoms with Crippen molar-refractivity contribution < 1.29 is 12.8 Å². The molecule has 2 fully saturated rings. The predicted octanol–water partition coefficient (Wildman–Crippen LogP) is 1.42. The van der Waals surface area contributed by atoms with Gasteiger partial charge in [-0.3, -0.25) is 0 Å². The molecule has 5 nitrogen and oxygen atoms in total. The lowest BCUT2D eigenvalue weighted by atomic mass is 10.0. The molecule has 1 aliphatic carbocycles. The van der Waals surface area contributed by atoms with Crippen LogP contribution in [0, 0.1) is 11.8 Å². The SMILES string of the molecule is CNCc1ccc(S(=O)(=O)N2CC3CCCC3C2)o1. The Balaban J connectivity index is 1.78. The summed E-state index contributed by atoms with van der Waals surface area (Å²) >= 11 is 0. The first-order chi connectivity index (χ1) is 9.11. The highest BCUT2D eigenvalue weighted by atomic mass is 32.2. The molecule has 1 aromatic rings. The summed E-state index contributed by atoms with van der Waals surface area (Å²) < 4.78 is 32.0. The van der Waals surface area contributed by atoms with Crippen LogP contribution in [0.4, 0.5) is 0 Å². The zero-order valence-electron chi connectivity index (χ0n) is 11.1. The van der Waals surface area contributed by atoms with Gasteiger partial charge in [0.05, 0.1) is 6.54 Å². The molecule has 0 bridgehead atoms. The predicted molar refractivity (Wildman–Crippen MR) is 71.1 cm³/mol. The Morgan fingerprint density at radius 2 is 2.00 bits per heavy atom. The first-order valence-electron chi connectivity index (χ1n) is 6.84. The molecule has 1 saturated carbocycles. The molecule has 2 unspecified atom stereocenters. The summed E-state index contributed by atoms with van der Waals surface area (Å²) in [6, 6.07) is 3.29. The van der Waals surface area contributed by atoms with E-state index in [2.05, 4.69) is 5.32 Å². The average Bonchev–Trinajstić information content (AvgIpc) is 3.03. The molecule has 1 N–H and O–H groups in total. The summed E-state index contributed by atoms with van der Waals surface area (Å²) in [6.45, 7) is 1.87. The topological polar surface area (TPSA) is 62.6 Å². The Hall–Kier alpha value is -0.850. The van der Waals surface area contributed by atoms with Crippen molar-refractivity contribution in [3.8, 4) is 0 Å². The van der Waals surface area contributed by atoms with Crippen LogP contribution in [-0.2, 0) is 16.6 Å². The second-order valence-corrected chi connectivity index (χ2v) is 7.39. The average molecular weight is 284 g/mol. The molecule has 2 heterocycles. The Labute approximate surface area is 114 Å². The van der Waals surface area contributed by atoms with Gasteiger partial charge in [0, 0.05) is 13.1 Å². The van der Waals surface area contributed by atoms with Gasteiger partial charge in [-0.25, -0.2) is 8.42 Å². The van der Waals surface area contributed by atoms with Crippen molar-refractivity contribution in [2.24, 2.45) is 11.8 Å². The third kappa shape index (κ3) is 2.32. The van der Waals surface area contributed by atoms with E-state index >= 15 is 0 Å². The molecule has 0 aromatic carbocycles. The van der Waals surface area contributed by atoms with Gasteiger partial charge in [-0.2, -0.15) is 4.31 Å². The third-order valence-corrected chi connectivity index (χ3v) is 5.98. The summed E-state index contributed by atoms with van der Waals surface area (Å²) in [5.74, 6) is 1.77. The van der Waals surface area contributed by atoms with Crippen LogP contribution in [0.25, 0.3) is 0 Å². The van der Waals surface area contributed by atoms with Gasteiger partial charge in [-0.1, -0.05) is 6.42 Å². The molecular weight excluding hydrogens is 264 g/mol. The van der Waals surface area contributed by atoms with Crippen LogP contribution in [0.1, 0.15) is 25.0 Å². The van der Waals surface area contributed by atoms with Gasteiger partial charge < -0.3 is 9.73 Å². The Kier molecular flexibility index (Phi) is 3.41. The second kappa shape index (κ2) is 4.92. The lowest BCUT2D eigenvalue weighted by Crippen LogP contribution is -2.29. The minimum Gasteiger partial charge on any atom is -0.447 e. The molecule has 0 radical (unpaired) electrons. The number of hydrogen-bond donors (Lipinski definition) is 1. The number of sulfonamides is 1. The number of furan rings is 1. The molecule has 3 rings (SSSR count). The van der Waals surface area contributed by atoms with Crippen molar-refractivity contribution in [2.75, 3.05) is 20.1 Å². The number of nitrogens with zero attached hydrogens (tertiary/aromatic N) is 1. The van der Waals surface area contributed by atoms with Gasteiger partial charge in [-0.15, -0.1) is 0 Å². The minimum absolute atomic E-state index is 0.0812. The normalized spacial score (nSPS) is 27.8. The van der Waals surface area contributed by atoms with Gasteiger partial charge in [0.1, 0.15) is 5.76 Å². The van der Waals surface area contributed by atoms with Gasteiger partial charge in [0.15, 0.2) is 0 Å². The standard InChI is InChI=1S/C13H20N2O3S/c1-14-7-12-5-6-13(18-12)19(16,17)15-8-10-3-2-4-11(10)9-15/h5-6,10-11,14H,2-4,7-9H2,1H3. The van der Waals surface area contributed by atoms with Crippen LogP contribution in [0.15, 0.2) is 21.6 Å². The quantitative estimate of drug-likeness (QED) is 0.908.